The third-order valence-corrected chi connectivity index (χ3v) is 4.78. The van der Waals surface area contributed by atoms with Gasteiger partial charge in [-0.25, -0.2) is 4.39 Å². The van der Waals surface area contributed by atoms with Crippen LogP contribution in [-0.2, 0) is 19.1 Å². The minimum Gasteiger partial charge on any atom is -0.481 e. The highest BCUT2D eigenvalue weighted by atomic mass is 19.1. The highest BCUT2D eigenvalue weighted by molar-refractivity contribution is 6.00. The van der Waals surface area contributed by atoms with E-state index >= 15 is 0 Å². The molecule has 2 fully saturated rings. The monoisotopic (exact) mass is 364 g/mol. The molecule has 8 heteroatoms. The van der Waals surface area contributed by atoms with Gasteiger partial charge in [-0.05, 0) is 30.7 Å². The summed E-state index contributed by atoms with van der Waals surface area (Å²) < 4.78 is 18.8. The Kier molecular flexibility index (Phi) is 5.22. The zero-order chi connectivity index (χ0) is 18.8. The maximum Gasteiger partial charge on any atom is 0.306 e. The number of aliphatic carboxylic acids is 1. The van der Waals surface area contributed by atoms with E-state index in [0.29, 0.717) is 17.8 Å². The number of hydrogen-bond acceptors (Lipinski definition) is 4. The molecule has 0 aromatic heterocycles. The van der Waals surface area contributed by atoms with Gasteiger partial charge in [-0.2, -0.15) is 0 Å². The van der Waals surface area contributed by atoms with E-state index in [1.165, 1.54) is 17.0 Å². The molecule has 1 aromatic rings. The normalized spacial score (nSPS) is 23.4. The van der Waals surface area contributed by atoms with Gasteiger partial charge in [-0.3, -0.25) is 14.4 Å². The standard InChI is InChI=1S/C18H21FN2O5/c1-11-6-13(2-3-15(11)19)21-9-12(7-16(21)22)18(25)20-4-5-26-14(10-20)8-17(23)24/h2-3,6,12,14H,4-5,7-10H2,1H3,(H,23,24). The Morgan fingerprint density at radius 3 is 2.81 bits per heavy atom. The number of nitrogens with zero attached hydrogens (tertiary/aromatic N) is 2. The molecular weight excluding hydrogens is 343 g/mol. The number of ether oxygens (including phenoxy) is 1. The largest absolute Gasteiger partial charge is 0.481 e. The molecular formula is C18H21FN2O5. The van der Waals surface area contributed by atoms with Crippen LogP contribution in [0.2, 0.25) is 0 Å². The first-order valence-electron chi connectivity index (χ1n) is 8.54. The lowest BCUT2D eigenvalue weighted by Crippen LogP contribution is -2.48. The molecule has 26 heavy (non-hydrogen) atoms. The lowest BCUT2D eigenvalue weighted by Gasteiger charge is -2.33. The number of benzene rings is 1. The lowest BCUT2D eigenvalue weighted by atomic mass is 10.1. The van der Waals surface area contributed by atoms with E-state index in [-0.39, 0.29) is 50.2 Å². The summed E-state index contributed by atoms with van der Waals surface area (Å²) in [4.78, 5) is 39.0. The van der Waals surface area contributed by atoms with Crippen LogP contribution in [0, 0.1) is 18.7 Å². The smallest absolute Gasteiger partial charge is 0.306 e. The molecule has 0 radical (unpaired) electrons. The van der Waals surface area contributed by atoms with E-state index < -0.39 is 18.0 Å². The summed E-state index contributed by atoms with van der Waals surface area (Å²) in [6.07, 6.45) is -0.594. The molecule has 7 nitrogen and oxygen atoms in total. The van der Waals surface area contributed by atoms with Crippen LogP contribution in [0.3, 0.4) is 0 Å². The van der Waals surface area contributed by atoms with Gasteiger partial charge in [0, 0.05) is 31.7 Å². The lowest BCUT2D eigenvalue weighted by molar-refractivity contribution is -0.149. The van der Waals surface area contributed by atoms with Crippen molar-refractivity contribution in [3.63, 3.8) is 0 Å². The van der Waals surface area contributed by atoms with Crippen molar-refractivity contribution in [3.05, 3.63) is 29.6 Å². The van der Waals surface area contributed by atoms with Gasteiger partial charge in [0.25, 0.3) is 0 Å². The SMILES string of the molecule is Cc1cc(N2CC(C(=O)N3CCOC(CC(=O)O)C3)CC2=O)ccc1F. The fourth-order valence-corrected chi connectivity index (χ4v) is 3.42. The number of halogens is 1. The van der Waals surface area contributed by atoms with Crippen LogP contribution in [0.4, 0.5) is 10.1 Å². The molecule has 0 saturated carbocycles. The zero-order valence-electron chi connectivity index (χ0n) is 14.5. The van der Waals surface area contributed by atoms with E-state index in [2.05, 4.69) is 0 Å². The van der Waals surface area contributed by atoms with E-state index in [1.807, 2.05) is 0 Å². The summed E-state index contributed by atoms with van der Waals surface area (Å²) in [6, 6.07) is 4.44. The number of anilines is 1. The van der Waals surface area contributed by atoms with Crippen molar-refractivity contribution in [2.24, 2.45) is 5.92 Å². The number of carbonyl (C=O) groups excluding carboxylic acids is 2. The zero-order valence-corrected chi connectivity index (χ0v) is 14.5. The van der Waals surface area contributed by atoms with Gasteiger partial charge < -0.3 is 19.6 Å². The molecule has 2 atom stereocenters. The minimum atomic E-state index is -0.974. The molecule has 140 valence electrons. The second-order valence-electron chi connectivity index (χ2n) is 6.71. The van der Waals surface area contributed by atoms with Gasteiger partial charge in [0.15, 0.2) is 0 Å². The molecule has 0 aliphatic carbocycles. The molecule has 2 unspecified atom stereocenters. The summed E-state index contributed by atoms with van der Waals surface area (Å²) >= 11 is 0. The predicted molar refractivity (Wildman–Crippen MR) is 90.2 cm³/mol. The number of amides is 2. The Bertz CT molecular complexity index is 738. The average molecular weight is 364 g/mol. The van der Waals surface area contributed by atoms with E-state index in [0.717, 1.165) is 0 Å². The number of carboxylic acids is 1. The van der Waals surface area contributed by atoms with Crippen LogP contribution < -0.4 is 4.90 Å². The molecule has 0 bridgehead atoms. The highest BCUT2D eigenvalue weighted by Gasteiger charge is 2.38. The quantitative estimate of drug-likeness (QED) is 0.867. The van der Waals surface area contributed by atoms with Crippen molar-refractivity contribution in [1.29, 1.82) is 0 Å². The Morgan fingerprint density at radius 1 is 1.35 bits per heavy atom. The highest BCUT2D eigenvalue weighted by Crippen LogP contribution is 2.28. The second kappa shape index (κ2) is 7.41. The third kappa shape index (κ3) is 3.85. The minimum absolute atomic E-state index is 0.0935. The summed E-state index contributed by atoms with van der Waals surface area (Å²) in [5.41, 5.74) is 1.02. The van der Waals surface area contributed by atoms with Crippen molar-refractivity contribution >= 4 is 23.5 Å². The van der Waals surface area contributed by atoms with Crippen molar-refractivity contribution < 1.29 is 28.6 Å². The molecule has 1 aromatic carbocycles. The van der Waals surface area contributed by atoms with Gasteiger partial charge in [0.1, 0.15) is 5.82 Å². The molecule has 2 amide bonds. The topological polar surface area (TPSA) is 87.2 Å². The maximum atomic E-state index is 13.4. The Morgan fingerprint density at radius 2 is 2.12 bits per heavy atom. The fourth-order valence-electron chi connectivity index (χ4n) is 3.42. The molecule has 2 saturated heterocycles. The number of morpholine rings is 1. The van der Waals surface area contributed by atoms with E-state index in [4.69, 9.17) is 9.84 Å². The molecule has 1 N–H and O–H groups in total. The van der Waals surface area contributed by atoms with Crippen molar-refractivity contribution in [1.82, 2.24) is 4.90 Å². The molecule has 0 spiro atoms. The van der Waals surface area contributed by atoms with Gasteiger partial charge in [-0.15, -0.1) is 0 Å². The van der Waals surface area contributed by atoms with Gasteiger partial charge in [0.05, 0.1) is 25.0 Å². The summed E-state index contributed by atoms with van der Waals surface area (Å²) in [5.74, 6) is -2.15. The summed E-state index contributed by atoms with van der Waals surface area (Å²) in [7, 11) is 0. The predicted octanol–water partition coefficient (Wildman–Crippen LogP) is 1.19. The maximum absolute atomic E-state index is 13.4. The van der Waals surface area contributed by atoms with E-state index in [1.54, 1.807) is 17.9 Å². The number of carbonyl (C=O) groups is 3. The fraction of sp³-hybridized carbons (Fsp3) is 0.500. The first-order valence-corrected chi connectivity index (χ1v) is 8.54. The van der Waals surface area contributed by atoms with Crippen LogP contribution >= 0.6 is 0 Å². The third-order valence-electron chi connectivity index (χ3n) is 4.78. The van der Waals surface area contributed by atoms with Crippen LogP contribution in [-0.4, -0.2) is 60.1 Å². The van der Waals surface area contributed by atoms with Crippen LogP contribution in [0.15, 0.2) is 18.2 Å². The van der Waals surface area contributed by atoms with Crippen molar-refractivity contribution in [3.8, 4) is 0 Å². The number of carboxylic acid groups (broad SMARTS) is 1. The number of hydrogen-bond donors (Lipinski definition) is 1. The van der Waals surface area contributed by atoms with Crippen LogP contribution in [0.5, 0.6) is 0 Å². The first kappa shape index (κ1) is 18.3. The van der Waals surface area contributed by atoms with Gasteiger partial charge in [-0.1, -0.05) is 0 Å². The first-order chi connectivity index (χ1) is 12.3. The van der Waals surface area contributed by atoms with Gasteiger partial charge >= 0.3 is 5.97 Å². The summed E-state index contributed by atoms with van der Waals surface area (Å²) in [5, 5.41) is 8.88. The Balaban J connectivity index is 1.66. The molecule has 2 aliphatic heterocycles. The van der Waals surface area contributed by atoms with Crippen LogP contribution in [0.1, 0.15) is 18.4 Å². The molecule has 2 heterocycles. The Hall–Kier alpha value is -2.48. The Labute approximate surface area is 150 Å². The van der Waals surface area contributed by atoms with Crippen molar-refractivity contribution in [2.45, 2.75) is 25.9 Å². The molecule has 2 aliphatic rings. The van der Waals surface area contributed by atoms with Gasteiger partial charge in [0.2, 0.25) is 11.8 Å². The number of aryl methyl sites for hydroxylation is 1. The average Bonchev–Trinajstić information content (AvgIpc) is 2.98. The second-order valence-corrected chi connectivity index (χ2v) is 6.71. The van der Waals surface area contributed by atoms with Crippen molar-refractivity contribution in [2.75, 3.05) is 31.1 Å². The summed E-state index contributed by atoms with van der Waals surface area (Å²) in [6.45, 7) is 2.74. The number of rotatable bonds is 4. The van der Waals surface area contributed by atoms with Crippen LogP contribution in [0.25, 0.3) is 0 Å². The van der Waals surface area contributed by atoms with E-state index in [9.17, 15) is 18.8 Å². The molecule has 3 rings (SSSR count).